The number of amides is 1. The largest absolute Gasteiger partial charge is 0.324 e. The summed E-state index contributed by atoms with van der Waals surface area (Å²) >= 11 is 6.23. The van der Waals surface area contributed by atoms with E-state index in [0.717, 1.165) is 0 Å². The molecular formula is C15H19ClN4O. The van der Waals surface area contributed by atoms with Gasteiger partial charge in [0.15, 0.2) is 0 Å². The molecule has 0 fully saturated rings. The van der Waals surface area contributed by atoms with E-state index in [1.807, 2.05) is 26.0 Å². The second-order valence-electron chi connectivity index (χ2n) is 4.99. The lowest BCUT2D eigenvalue weighted by atomic mass is 10.2. The van der Waals surface area contributed by atoms with Gasteiger partial charge >= 0.3 is 0 Å². The fourth-order valence-corrected chi connectivity index (χ4v) is 2.20. The van der Waals surface area contributed by atoms with Crippen LogP contribution in [0.4, 0.5) is 5.69 Å². The van der Waals surface area contributed by atoms with E-state index in [0.29, 0.717) is 35.4 Å². The number of nitrogens with one attached hydrogen (secondary N) is 2. The predicted molar refractivity (Wildman–Crippen MR) is 85.0 cm³/mol. The van der Waals surface area contributed by atoms with Gasteiger partial charge in [-0.25, -0.2) is 4.68 Å². The van der Waals surface area contributed by atoms with Crippen molar-refractivity contribution >= 4 is 23.2 Å². The van der Waals surface area contributed by atoms with Crippen LogP contribution >= 0.6 is 11.6 Å². The molecule has 0 radical (unpaired) electrons. The van der Waals surface area contributed by atoms with Crippen LogP contribution in [0.3, 0.4) is 0 Å². The Kier molecular flexibility index (Phi) is 5.36. The van der Waals surface area contributed by atoms with Crippen molar-refractivity contribution in [3.05, 3.63) is 41.7 Å². The van der Waals surface area contributed by atoms with E-state index in [1.54, 1.807) is 29.2 Å². The van der Waals surface area contributed by atoms with Crippen molar-refractivity contribution in [2.45, 2.75) is 26.3 Å². The van der Waals surface area contributed by atoms with Gasteiger partial charge < -0.3 is 10.6 Å². The molecule has 5 nitrogen and oxygen atoms in total. The van der Waals surface area contributed by atoms with Crippen molar-refractivity contribution in [2.75, 3.05) is 11.9 Å². The molecule has 1 amide bonds. The Morgan fingerprint density at radius 3 is 2.86 bits per heavy atom. The minimum Gasteiger partial charge on any atom is -0.324 e. The fraction of sp³-hybridized carbons (Fsp3) is 0.333. The molecule has 2 aromatic rings. The molecule has 0 bridgehead atoms. The second kappa shape index (κ2) is 7.24. The Balaban J connectivity index is 2.10. The van der Waals surface area contributed by atoms with Crippen molar-refractivity contribution in [3.8, 4) is 5.69 Å². The first-order chi connectivity index (χ1) is 10.1. The number of benzene rings is 1. The molecular weight excluding hydrogens is 288 g/mol. The molecule has 0 saturated carbocycles. The average molecular weight is 307 g/mol. The van der Waals surface area contributed by atoms with Crippen LogP contribution in [0.15, 0.2) is 36.7 Å². The highest BCUT2D eigenvalue weighted by molar-refractivity contribution is 6.33. The van der Waals surface area contributed by atoms with Gasteiger partial charge in [0.25, 0.3) is 0 Å². The van der Waals surface area contributed by atoms with Gasteiger partial charge in [-0.05, 0) is 18.2 Å². The third-order valence-electron chi connectivity index (χ3n) is 2.90. The maximum absolute atomic E-state index is 12.0. The molecule has 0 aliphatic heterocycles. The number of halogens is 1. The van der Waals surface area contributed by atoms with E-state index < -0.39 is 0 Å². The van der Waals surface area contributed by atoms with E-state index in [2.05, 4.69) is 15.7 Å². The number of carbonyl (C=O) groups excluding carboxylic acids is 1. The summed E-state index contributed by atoms with van der Waals surface area (Å²) in [7, 11) is 0. The number of nitrogens with zero attached hydrogens (tertiary/aromatic N) is 2. The first kappa shape index (κ1) is 15.5. The smallest absolute Gasteiger partial charge is 0.225 e. The SMILES string of the molecule is CC(C)NCCC(=O)Nc1cccc(Cl)c1-n1cccn1. The molecule has 1 aromatic carbocycles. The number of carbonyl (C=O) groups is 1. The summed E-state index contributed by atoms with van der Waals surface area (Å²) in [5.74, 6) is -0.0566. The molecule has 0 saturated heterocycles. The molecule has 0 aliphatic rings. The zero-order chi connectivity index (χ0) is 15.2. The van der Waals surface area contributed by atoms with Gasteiger partial charge in [-0.3, -0.25) is 4.79 Å². The third-order valence-corrected chi connectivity index (χ3v) is 3.20. The first-order valence-corrected chi connectivity index (χ1v) is 7.27. The van der Waals surface area contributed by atoms with Crippen LogP contribution in [0.5, 0.6) is 0 Å². The van der Waals surface area contributed by atoms with Crippen molar-refractivity contribution in [1.82, 2.24) is 15.1 Å². The number of aromatic nitrogens is 2. The molecule has 2 N–H and O–H groups in total. The summed E-state index contributed by atoms with van der Waals surface area (Å²) in [6.45, 7) is 4.73. The second-order valence-corrected chi connectivity index (χ2v) is 5.40. The van der Waals surface area contributed by atoms with Crippen LogP contribution in [0.25, 0.3) is 5.69 Å². The molecule has 0 spiro atoms. The summed E-state index contributed by atoms with van der Waals surface area (Å²) in [6.07, 6.45) is 3.86. The number of para-hydroxylation sites is 1. The fourth-order valence-electron chi connectivity index (χ4n) is 1.94. The first-order valence-electron chi connectivity index (χ1n) is 6.89. The van der Waals surface area contributed by atoms with E-state index in [9.17, 15) is 4.79 Å². The van der Waals surface area contributed by atoms with Crippen LogP contribution < -0.4 is 10.6 Å². The van der Waals surface area contributed by atoms with Crippen LogP contribution in [0.2, 0.25) is 5.02 Å². The summed E-state index contributed by atoms with van der Waals surface area (Å²) in [5, 5.41) is 10.8. The highest BCUT2D eigenvalue weighted by Gasteiger charge is 2.12. The number of anilines is 1. The topological polar surface area (TPSA) is 59.0 Å². The van der Waals surface area contributed by atoms with E-state index in [-0.39, 0.29) is 5.91 Å². The molecule has 1 heterocycles. The van der Waals surface area contributed by atoms with Crippen molar-refractivity contribution in [3.63, 3.8) is 0 Å². The van der Waals surface area contributed by atoms with Gasteiger partial charge in [-0.1, -0.05) is 31.5 Å². The molecule has 1 aromatic heterocycles. The van der Waals surface area contributed by atoms with Gasteiger partial charge in [0.05, 0.1) is 10.7 Å². The van der Waals surface area contributed by atoms with Gasteiger partial charge in [-0.2, -0.15) is 5.10 Å². The number of hydrogen-bond donors (Lipinski definition) is 2. The van der Waals surface area contributed by atoms with E-state index in [4.69, 9.17) is 11.6 Å². The standard InChI is InChI=1S/C15H19ClN4O/c1-11(2)17-9-7-14(21)19-13-6-3-5-12(16)15(13)20-10-4-8-18-20/h3-6,8,10-11,17H,7,9H2,1-2H3,(H,19,21). The molecule has 2 rings (SSSR count). The maximum Gasteiger partial charge on any atom is 0.225 e. The number of hydrogen-bond acceptors (Lipinski definition) is 3. The summed E-state index contributed by atoms with van der Waals surface area (Å²) in [6, 6.07) is 7.56. The summed E-state index contributed by atoms with van der Waals surface area (Å²) in [4.78, 5) is 12.0. The van der Waals surface area contributed by atoms with Crippen molar-refractivity contribution in [1.29, 1.82) is 0 Å². The van der Waals surface area contributed by atoms with Gasteiger partial charge in [-0.15, -0.1) is 0 Å². The van der Waals surface area contributed by atoms with Crippen LogP contribution in [-0.4, -0.2) is 28.3 Å². The molecule has 0 aliphatic carbocycles. The maximum atomic E-state index is 12.0. The Morgan fingerprint density at radius 1 is 1.38 bits per heavy atom. The molecule has 21 heavy (non-hydrogen) atoms. The van der Waals surface area contributed by atoms with Gasteiger partial charge in [0.1, 0.15) is 5.69 Å². The minimum absolute atomic E-state index is 0.0566. The monoisotopic (exact) mass is 306 g/mol. The molecule has 0 atom stereocenters. The third kappa shape index (κ3) is 4.31. The van der Waals surface area contributed by atoms with Gasteiger partial charge in [0, 0.05) is 31.4 Å². The van der Waals surface area contributed by atoms with E-state index >= 15 is 0 Å². The van der Waals surface area contributed by atoms with Gasteiger partial charge in [0.2, 0.25) is 5.91 Å². The normalized spacial score (nSPS) is 10.9. The quantitative estimate of drug-likeness (QED) is 0.863. The summed E-state index contributed by atoms with van der Waals surface area (Å²) < 4.78 is 1.64. The van der Waals surface area contributed by atoms with Crippen LogP contribution in [0, 0.1) is 0 Å². The van der Waals surface area contributed by atoms with E-state index in [1.165, 1.54) is 0 Å². The number of rotatable bonds is 6. The molecule has 6 heteroatoms. The summed E-state index contributed by atoms with van der Waals surface area (Å²) in [5.41, 5.74) is 1.33. The zero-order valence-corrected chi connectivity index (χ0v) is 12.9. The highest BCUT2D eigenvalue weighted by Crippen LogP contribution is 2.27. The Labute approximate surface area is 129 Å². The van der Waals surface area contributed by atoms with Crippen LogP contribution in [0.1, 0.15) is 20.3 Å². The molecule has 0 unspecified atom stereocenters. The van der Waals surface area contributed by atoms with Crippen molar-refractivity contribution in [2.24, 2.45) is 0 Å². The lowest BCUT2D eigenvalue weighted by Crippen LogP contribution is -2.27. The van der Waals surface area contributed by atoms with Crippen LogP contribution in [-0.2, 0) is 4.79 Å². The average Bonchev–Trinajstić information content (AvgIpc) is 2.92. The van der Waals surface area contributed by atoms with Crippen molar-refractivity contribution < 1.29 is 4.79 Å². The Hall–Kier alpha value is -1.85. The zero-order valence-electron chi connectivity index (χ0n) is 12.1. The molecule has 112 valence electrons. The lowest BCUT2D eigenvalue weighted by Gasteiger charge is -2.13. The predicted octanol–water partition coefficient (Wildman–Crippen LogP) is 2.85. The Bertz CT molecular complexity index is 596. The Morgan fingerprint density at radius 2 is 2.19 bits per heavy atom. The lowest BCUT2D eigenvalue weighted by molar-refractivity contribution is -0.116. The highest BCUT2D eigenvalue weighted by atomic mass is 35.5. The minimum atomic E-state index is -0.0566.